The van der Waals surface area contributed by atoms with E-state index in [-0.39, 0.29) is 0 Å². The molecule has 0 spiro atoms. The average molecular weight is 258 g/mol. The first-order chi connectivity index (χ1) is 8.65. The van der Waals surface area contributed by atoms with E-state index in [1.807, 2.05) is 36.4 Å². The van der Waals surface area contributed by atoms with E-state index in [2.05, 4.69) is 0 Å². The van der Waals surface area contributed by atoms with Gasteiger partial charge in [-0.25, -0.2) is 4.79 Å². The number of amides is 2. The molecule has 0 radical (unpaired) electrons. The van der Waals surface area contributed by atoms with Gasteiger partial charge in [-0.2, -0.15) is 5.06 Å². The monoisotopic (exact) mass is 258 g/mol. The number of hydrogen-bond acceptors (Lipinski definition) is 3. The fraction of sp³-hybridized carbons (Fsp3) is 0. The molecule has 2 amide bonds. The molecule has 5 heteroatoms. The Hall–Kier alpha value is -2.11. The molecule has 0 saturated carbocycles. The number of nitrogens with two attached hydrogens (primary N) is 1. The van der Waals surface area contributed by atoms with Crippen LogP contribution in [0.4, 0.5) is 9.80 Å². The Morgan fingerprint density at radius 3 is 2.44 bits per heavy atom. The van der Waals surface area contributed by atoms with Crippen molar-refractivity contribution in [2.75, 3.05) is 5.06 Å². The number of carbonyl (C=O) groups excluding carboxylic acids is 1. The lowest BCUT2D eigenvalue weighted by atomic mass is 10.1. The summed E-state index contributed by atoms with van der Waals surface area (Å²) in [6.07, 6.45) is 0. The van der Waals surface area contributed by atoms with Gasteiger partial charge in [0.2, 0.25) is 0 Å². The molecule has 1 heterocycles. The first-order valence-electron chi connectivity index (χ1n) is 5.36. The van der Waals surface area contributed by atoms with Gasteiger partial charge in [0.1, 0.15) is 5.00 Å². The molecule has 90 valence electrons. The summed E-state index contributed by atoms with van der Waals surface area (Å²) < 4.78 is 1.00. The number of hydrogen-bond donors (Lipinski definition) is 2. The zero-order chi connectivity index (χ0) is 12.7. The summed E-state index contributed by atoms with van der Waals surface area (Å²) in [6, 6.07) is 12.9. The molecule has 4 nitrogen and oxygen atoms in total. The molecule has 0 atom stereocenters. The summed E-state index contributed by atoms with van der Waals surface area (Å²) in [5, 5.41) is 13.6. The fourth-order valence-electron chi connectivity index (χ4n) is 1.93. The number of rotatable bonds is 1. The Morgan fingerprint density at radius 2 is 1.78 bits per heavy atom. The Kier molecular flexibility index (Phi) is 2.43. The van der Waals surface area contributed by atoms with E-state index in [9.17, 15) is 10.0 Å². The largest absolute Gasteiger partial charge is 0.349 e. The lowest BCUT2D eigenvalue weighted by Gasteiger charge is -2.07. The van der Waals surface area contributed by atoms with E-state index in [1.165, 1.54) is 11.3 Å². The van der Waals surface area contributed by atoms with Crippen LogP contribution in [-0.4, -0.2) is 11.2 Å². The van der Waals surface area contributed by atoms with Gasteiger partial charge < -0.3 is 5.73 Å². The number of anilines is 1. The second-order valence-electron chi connectivity index (χ2n) is 3.97. The van der Waals surface area contributed by atoms with Gasteiger partial charge in [-0.3, -0.25) is 5.21 Å². The average Bonchev–Trinajstić information content (AvgIpc) is 2.77. The van der Waals surface area contributed by atoms with E-state index in [0.717, 1.165) is 20.9 Å². The molecular weight excluding hydrogens is 248 g/mol. The number of urea groups is 1. The van der Waals surface area contributed by atoms with Crippen LogP contribution in [0.2, 0.25) is 0 Å². The van der Waals surface area contributed by atoms with E-state index in [4.69, 9.17) is 5.73 Å². The van der Waals surface area contributed by atoms with Gasteiger partial charge in [-0.1, -0.05) is 24.3 Å². The maximum Gasteiger partial charge on any atom is 0.344 e. The highest BCUT2D eigenvalue weighted by Crippen LogP contribution is 2.34. The number of fused-ring (bicyclic) bond motifs is 2. The number of nitrogens with zero attached hydrogens (tertiary/aromatic N) is 1. The van der Waals surface area contributed by atoms with Gasteiger partial charge in [0.25, 0.3) is 0 Å². The van der Waals surface area contributed by atoms with Crippen LogP contribution in [0, 0.1) is 0 Å². The summed E-state index contributed by atoms with van der Waals surface area (Å²) in [4.78, 5) is 10.9. The normalized spacial score (nSPS) is 10.9. The van der Waals surface area contributed by atoms with Gasteiger partial charge in [-0.05, 0) is 34.4 Å². The van der Waals surface area contributed by atoms with Crippen LogP contribution in [0.5, 0.6) is 0 Å². The van der Waals surface area contributed by atoms with Crippen molar-refractivity contribution in [3.8, 4) is 0 Å². The molecule has 0 aliphatic carbocycles. The SMILES string of the molecule is NC(=O)N(O)c1cc2cc3ccccc3cc2s1. The Bertz CT molecular complexity index is 698. The van der Waals surface area contributed by atoms with Crippen molar-refractivity contribution >= 4 is 43.2 Å². The van der Waals surface area contributed by atoms with Crippen molar-refractivity contribution in [2.24, 2.45) is 5.73 Å². The van der Waals surface area contributed by atoms with Crippen LogP contribution in [0.3, 0.4) is 0 Å². The van der Waals surface area contributed by atoms with Crippen molar-refractivity contribution in [3.05, 3.63) is 42.5 Å². The molecule has 0 bridgehead atoms. The topological polar surface area (TPSA) is 66.6 Å². The van der Waals surface area contributed by atoms with Crippen molar-refractivity contribution in [1.29, 1.82) is 0 Å². The summed E-state index contributed by atoms with van der Waals surface area (Å²) in [6.45, 7) is 0. The molecule has 0 unspecified atom stereocenters. The second kappa shape index (κ2) is 3.97. The quantitative estimate of drug-likeness (QED) is 0.519. The Labute approximate surface area is 107 Å². The molecular formula is C13H10N2O2S. The van der Waals surface area contributed by atoms with Crippen LogP contribution >= 0.6 is 11.3 Å². The molecule has 0 fully saturated rings. The smallest absolute Gasteiger partial charge is 0.344 e. The first kappa shape index (κ1) is 11.0. The van der Waals surface area contributed by atoms with Crippen LogP contribution in [0.25, 0.3) is 20.9 Å². The molecule has 3 aromatic rings. The highest BCUT2D eigenvalue weighted by Gasteiger charge is 2.12. The van der Waals surface area contributed by atoms with Gasteiger partial charge in [-0.15, -0.1) is 11.3 Å². The van der Waals surface area contributed by atoms with Crippen molar-refractivity contribution in [2.45, 2.75) is 0 Å². The minimum atomic E-state index is -0.883. The fourth-order valence-corrected chi connectivity index (χ4v) is 2.94. The lowest BCUT2D eigenvalue weighted by Crippen LogP contribution is -2.31. The van der Waals surface area contributed by atoms with Crippen LogP contribution in [-0.2, 0) is 0 Å². The highest BCUT2D eigenvalue weighted by atomic mass is 32.1. The number of carbonyl (C=O) groups is 1. The molecule has 0 aliphatic heterocycles. The van der Waals surface area contributed by atoms with Crippen molar-refractivity contribution in [3.63, 3.8) is 0 Å². The molecule has 0 aliphatic rings. The molecule has 18 heavy (non-hydrogen) atoms. The third-order valence-corrected chi connectivity index (χ3v) is 3.86. The minimum absolute atomic E-state index is 0.424. The number of primary amides is 1. The van der Waals surface area contributed by atoms with Crippen LogP contribution in [0.15, 0.2) is 42.5 Å². The highest BCUT2D eigenvalue weighted by molar-refractivity contribution is 7.23. The molecule has 1 aromatic heterocycles. The maximum atomic E-state index is 10.9. The molecule has 3 N–H and O–H groups in total. The third kappa shape index (κ3) is 1.70. The molecule has 2 aromatic carbocycles. The summed E-state index contributed by atoms with van der Waals surface area (Å²) in [7, 11) is 0. The predicted molar refractivity (Wildman–Crippen MR) is 73.2 cm³/mol. The molecule has 0 saturated heterocycles. The predicted octanol–water partition coefficient (Wildman–Crippen LogP) is 3.33. The maximum absolute atomic E-state index is 10.9. The van der Waals surface area contributed by atoms with E-state index in [0.29, 0.717) is 10.1 Å². The second-order valence-corrected chi connectivity index (χ2v) is 5.03. The van der Waals surface area contributed by atoms with E-state index in [1.54, 1.807) is 6.07 Å². The standard InChI is InChI=1S/C13H10N2O2S/c14-13(16)15(17)12-7-10-5-8-3-1-2-4-9(8)6-11(10)18-12/h1-7,17H,(H2,14,16). The van der Waals surface area contributed by atoms with E-state index >= 15 is 0 Å². The first-order valence-corrected chi connectivity index (χ1v) is 6.17. The van der Waals surface area contributed by atoms with E-state index < -0.39 is 6.03 Å². The third-order valence-electron chi connectivity index (χ3n) is 2.79. The van der Waals surface area contributed by atoms with Crippen molar-refractivity contribution < 1.29 is 10.0 Å². The summed E-state index contributed by atoms with van der Waals surface area (Å²) >= 11 is 1.32. The van der Waals surface area contributed by atoms with Gasteiger partial charge in [0.15, 0.2) is 0 Å². The minimum Gasteiger partial charge on any atom is -0.349 e. The molecule has 3 rings (SSSR count). The van der Waals surface area contributed by atoms with Crippen LogP contribution in [0.1, 0.15) is 0 Å². The number of benzene rings is 2. The summed E-state index contributed by atoms with van der Waals surface area (Å²) in [5.41, 5.74) is 5.03. The summed E-state index contributed by atoms with van der Waals surface area (Å²) in [5.74, 6) is 0. The number of thiophene rings is 1. The zero-order valence-corrected chi connectivity index (χ0v) is 10.1. The van der Waals surface area contributed by atoms with Gasteiger partial charge >= 0.3 is 6.03 Å². The van der Waals surface area contributed by atoms with Crippen molar-refractivity contribution in [1.82, 2.24) is 0 Å². The van der Waals surface area contributed by atoms with Gasteiger partial charge in [0, 0.05) is 4.70 Å². The van der Waals surface area contributed by atoms with Gasteiger partial charge in [0.05, 0.1) is 0 Å². The Balaban J connectivity index is 2.22. The van der Waals surface area contributed by atoms with Crippen LogP contribution < -0.4 is 10.8 Å². The Morgan fingerprint density at radius 1 is 1.11 bits per heavy atom. The zero-order valence-electron chi connectivity index (χ0n) is 9.33. The number of hydroxylamine groups is 1. The lowest BCUT2D eigenvalue weighted by molar-refractivity contribution is 0.213.